The lowest BCUT2D eigenvalue weighted by Gasteiger charge is -2.21. The number of nitrogens with one attached hydrogen (secondary N) is 1. The summed E-state index contributed by atoms with van der Waals surface area (Å²) < 4.78 is 15.6. The number of carbonyl (C=O) groups excluding carboxylic acids is 2. The summed E-state index contributed by atoms with van der Waals surface area (Å²) in [4.78, 5) is 37.7. The van der Waals surface area contributed by atoms with Crippen molar-refractivity contribution in [2.45, 2.75) is 12.5 Å². The largest absolute Gasteiger partial charge is 0.497 e. The van der Waals surface area contributed by atoms with Crippen LogP contribution < -0.4 is 19.7 Å². The first-order chi connectivity index (χ1) is 13.4. The van der Waals surface area contributed by atoms with Gasteiger partial charge < -0.3 is 29.5 Å². The molecule has 0 aliphatic carbocycles. The first-order valence-electron chi connectivity index (χ1n) is 8.65. The van der Waals surface area contributed by atoms with E-state index >= 15 is 0 Å². The van der Waals surface area contributed by atoms with Crippen LogP contribution in [0.5, 0.6) is 11.5 Å². The van der Waals surface area contributed by atoms with Crippen LogP contribution in [-0.2, 0) is 19.1 Å². The second-order valence-corrected chi connectivity index (χ2v) is 6.17. The van der Waals surface area contributed by atoms with E-state index in [0.717, 1.165) is 0 Å². The van der Waals surface area contributed by atoms with Gasteiger partial charge >= 0.3 is 5.97 Å². The zero-order valence-corrected chi connectivity index (χ0v) is 15.8. The Morgan fingerprint density at radius 1 is 1.39 bits per heavy atom. The fourth-order valence-corrected chi connectivity index (χ4v) is 2.86. The van der Waals surface area contributed by atoms with Gasteiger partial charge in [-0.3, -0.25) is 9.59 Å². The number of benzene rings is 1. The number of ether oxygens (including phenoxy) is 3. The maximum Gasteiger partial charge on any atom is 0.328 e. The Labute approximate surface area is 162 Å². The molecule has 9 heteroatoms. The number of carboxylic acid groups (broad SMARTS) is 1. The molecule has 1 aliphatic rings. The van der Waals surface area contributed by atoms with E-state index in [-0.39, 0.29) is 32.1 Å². The molecular weight excluding hydrogens is 368 g/mol. The standard InChI is InChI=1S/C19H24N2O7/c1-4-7-28-11-14(19(24)25)20-18(23)12-8-17(22)21(10-12)15-6-5-13(26-2)9-16(15)27-3/h4-6,9,12,14H,1,7-8,10-11H2,2-3H3,(H,20,23)(H,24,25). The van der Waals surface area contributed by atoms with E-state index in [2.05, 4.69) is 11.9 Å². The Bertz CT molecular complexity index is 750. The molecule has 2 amide bonds. The molecule has 152 valence electrons. The molecule has 28 heavy (non-hydrogen) atoms. The van der Waals surface area contributed by atoms with Crippen LogP contribution in [0.4, 0.5) is 5.69 Å². The molecule has 1 fully saturated rings. The molecule has 0 saturated carbocycles. The minimum Gasteiger partial charge on any atom is -0.497 e. The lowest BCUT2D eigenvalue weighted by atomic mass is 10.1. The minimum atomic E-state index is -1.21. The van der Waals surface area contributed by atoms with Gasteiger partial charge in [-0.1, -0.05) is 6.08 Å². The van der Waals surface area contributed by atoms with Crippen molar-refractivity contribution in [2.75, 3.05) is 38.9 Å². The van der Waals surface area contributed by atoms with Crippen molar-refractivity contribution in [3.63, 3.8) is 0 Å². The average Bonchev–Trinajstić information content (AvgIpc) is 3.08. The van der Waals surface area contributed by atoms with E-state index in [1.807, 2.05) is 0 Å². The van der Waals surface area contributed by atoms with E-state index in [1.165, 1.54) is 25.2 Å². The number of aliphatic carboxylic acids is 1. The highest BCUT2D eigenvalue weighted by Crippen LogP contribution is 2.35. The second-order valence-electron chi connectivity index (χ2n) is 6.17. The topological polar surface area (TPSA) is 114 Å². The van der Waals surface area contributed by atoms with Crippen LogP contribution in [0.15, 0.2) is 30.9 Å². The Hall–Kier alpha value is -3.07. The van der Waals surface area contributed by atoms with E-state index in [1.54, 1.807) is 18.2 Å². The molecule has 1 aromatic rings. The van der Waals surface area contributed by atoms with Crippen LogP contribution in [0.3, 0.4) is 0 Å². The summed E-state index contributed by atoms with van der Waals surface area (Å²) in [5.41, 5.74) is 0.521. The minimum absolute atomic E-state index is 0.0269. The van der Waals surface area contributed by atoms with E-state index in [0.29, 0.717) is 17.2 Å². The summed E-state index contributed by atoms with van der Waals surface area (Å²) in [5.74, 6) is -1.65. The lowest BCUT2D eigenvalue weighted by Crippen LogP contribution is -2.46. The number of nitrogens with zero attached hydrogens (tertiary/aromatic N) is 1. The number of rotatable bonds is 10. The molecule has 1 saturated heterocycles. The van der Waals surface area contributed by atoms with Crippen LogP contribution in [0, 0.1) is 5.92 Å². The second kappa shape index (κ2) is 9.75. The lowest BCUT2D eigenvalue weighted by molar-refractivity contribution is -0.144. The van der Waals surface area contributed by atoms with Gasteiger partial charge in [0.1, 0.15) is 11.5 Å². The van der Waals surface area contributed by atoms with E-state index < -0.39 is 23.8 Å². The molecule has 0 radical (unpaired) electrons. The number of methoxy groups -OCH3 is 2. The summed E-state index contributed by atoms with van der Waals surface area (Å²) in [5, 5.41) is 11.7. The Kier molecular flexibility index (Phi) is 7.39. The number of carbonyl (C=O) groups is 3. The van der Waals surface area contributed by atoms with Crippen LogP contribution >= 0.6 is 0 Å². The maximum absolute atomic E-state index is 12.5. The predicted molar refractivity (Wildman–Crippen MR) is 101 cm³/mol. The van der Waals surface area contributed by atoms with Crippen LogP contribution in [0.2, 0.25) is 0 Å². The monoisotopic (exact) mass is 392 g/mol. The molecule has 0 bridgehead atoms. The molecular formula is C19H24N2O7. The molecule has 1 heterocycles. The van der Waals surface area contributed by atoms with Crippen molar-refractivity contribution in [3.8, 4) is 11.5 Å². The Morgan fingerprint density at radius 3 is 2.75 bits per heavy atom. The van der Waals surface area contributed by atoms with E-state index in [4.69, 9.17) is 14.2 Å². The molecule has 2 unspecified atom stereocenters. The highest BCUT2D eigenvalue weighted by Gasteiger charge is 2.37. The maximum atomic E-state index is 12.5. The number of hydrogen-bond donors (Lipinski definition) is 2. The zero-order valence-electron chi connectivity index (χ0n) is 15.8. The van der Waals surface area contributed by atoms with Crippen molar-refractivity contribution in [3.05, 3.63) is 30.9 Å². The molecule has 0 spiro atoms. The summed E-state index contributed by atoms with van der Waals surface area (Å²) in [7, 11) is 3.00. The molecule has 2 atom stereocenters. The highest BCUT2D eigenvalue weighted by molar-refractivity contribution is 6.01. The molecule has 0 aromatic heterocycles. The Balaban J connectivity index is 2.08. The van der Waals surface area contributed by atoms with Crippen LogP contribution in [0.25, 0.3) is 0 Å². The van der Waals surface area contributed by atoms with Gasteiger partial charge in [-0.25, -0.2) is 4.79 Å². The van der Waals surface area contributed by atoms with E-state index in [9.17, 15) is 19.5 Å². The third-order valence-corrected chi connectivity index (χ3v) is 4.31. The summed E-state index contributed by atoms with van der Waals surface area (Å²) >= 11 is 0. The van der Waals surface area contributed by atoms with Gasteiger partial charge in [0.15, 0.2) is 6.04 Å². The molecule has 1 aliphatic heterocycles. The number of anilines is 1. The summed E-state index contributed by atoms with van der Waals surface area (Å²) in [6, 6.07) is 3.81. The van der Waals surface area contributed by atoms with Gasteiger partial charge in [0.25, 0.3) is 0 Å². The zero-order chi connectivity index (χ0) is 20.7. The highest BCUT2D eigenvalue weighted by atomic mass is 16.5. The van der Waals surface area contributed by atoms with Gasteiger partial charge in [-0.15, -0.1) is 6.58 Å². The smallest absolute Gasteiger partial charge is 0.328 e. The van der Waals surface area contributed by atoms with Crippen LogP contribution in [0.1, 0.15) is 6.42 Å². The van der Waals surface area contributed by atoms with Crippen molar-refractivity contribution in [1.82, 2.24) is 5.32 Å². The summed E-state index contributed by atoms with van der Waals surface area (Å²) in [6.45, 7) is 3.58. The van der Waals surface area contributed by atoms with Gasteiger partial charge in [-0.05, 0) is 12.1 Å². The van der Waals surface area contributed by atoms with Crippen molar-refractivity contribution < 1.29 is 33.7 Å². The van der Waals surface area contributed by atoms with Crippen molar-refractivity contribution in [2.24, 2.45) is 5.92 Å². The van der Waals surface area contributed by atoms with Crippen molar-refractivity contribution in [1.29, 1.82) is 0 Å². The molecule has 1 aromatic carbocycles. The fourth-order valence-electron chi connectivity index (χ4n) is 2.86. The van der Waals surface area contributed by atoms with Gasteiger partial charge in [0, 0.05) is 19.0 Å². The number of hydrogen-bond acceptors (Lipinski definition) is 6. The average molecular weight is 392 g/mol. The first kappa shape index (κ1) is 21.2. The molecule has 9 nitrogen and oxygen atoms in total. The Morgan fingerprint density at radius 2 is 2.14 bits per heavy atom. The molecule has 2 rings (SSSR count). The summed E-state index contributed by atoms with van der Waals surface area (Å²) in [6.07, 6.45) is 1.46. The molecule has 2 N–H and O–H groups in total. The predicted octanol–water partition coefficient (Wildman–Crippen LogP) is 0.829. The normalized spacial score (nSPS) is 17.1. The fraction of sp³-hybridized carbons (Fsp3) is 0.421. The number of carboxylic acids is 1. The number of amides is 2. The van der Waals surface area contributed by atoms with Gasteiger partial charge in [0.05, 0.1) is 39.0 Å². The van der Waals surface area contributed by atoms with Gasteiger partial charge in [-0.2, -0.15) is 0 Å². The third-order valence-electron chi connectivity index (χ3n) is 4.31. The SMILES string of the molecule is C=CCOCC(NC(=O)C1CC(=O)N(c2ccc(OC)cc2OC)C1)C(=O)O. The van der Waals surface area contributed by atoms with Gasteiger partial charge in [0.2, 0.25) is 11.8 Å². The first-order valence-corrected chi connectivity index (χ1v) is 8.65. The van der Waals surface area contributed by atoms with Crippen LogP contribution in [-0.4, -0.2) is 62.9 Å². The van der Waals surface area contributed by atoms with Crippen molar-refractivity contribution >= 4 is 23.5 Å². The quantitative estimate of drug-likeness (QED) is 0.448. The third kappa shape index (κ3) is 5.01.